The molecule has 1 fully saturated rings. The van der Waals surface area contributed by atoms with E-state index in [1.54, 1.807) is 0 Å². The first-order valence-corrected chi connectivity index (χ1v) is 6.34. The van der Waals surface area contributed by atoms with Crippen molar-refractivity contribution in [2.75, 3.05) is 6.54 Å². The fourth-order valence-corrected chi connectivity index (χ4v) is 2.35. The van der Waals surface area contributed by atoms with E-state index >= 15 is 0 Å². The van der Waals surface area contributed by atoms with Gasteiger partial charge in [-0.25, -0.2) is 0 Å². The number of carbonyl (C=O) groups is 2. The number of amides is 2. The maximum absolute atomic E-state index is 11.9. The fraction of sp³-hybridized carbons (Fsp3) is 0.833. The fourth-order valence-electron chi connectivity index (χ4n) is 2.35. The van der Waals surface area contributed by atoms with Crippen LogP contribution in [0.1, 0.15) is 39.0 Å². The van der Waals surface area contributed by atoms with E-state index < -0.39 is 0 Å². The van der Waals surface area contributed by atoms with Crippen LogP contribution in [0, 0.1) is 11.8 Å². The first-order chi connectivity index (χ1) is 8.02. The molecule has 2 amide bonds. The van der Waals surface area contributed by atoms with E-state index in [9.17, 15) is 9.59 Å². The van der Waals surface area contributed by atoms with Crippen molar-refractivity contribution in [2.24, 2.45) is 23.3 Å². The molecule has 17 heavy (non-hydrogen) atoms. The van der Waals surface area contributed by atoms with Crippen LogP contribution in [0.25, 0.3) is 0 Å². The van der Waals surface area contributed by atoms with Gasteiger partial charge in [-0.3, -0.25) is 9.59 Å². The lowest BCUT2D eigenvalue weighted by Gasteiger charge is -2.32. The molecular weight excluding hydrogens is 218 g/mol. The van der Waals surface area contributed by atoms with Gasteiger partial charge < -0.3 is 16.8 Å². The highest BCUT2D eigenvalue weighted by Gasteiger charge is 2.32. The first-order valence-electron chi connectivity index (χ1n) is 6.34. The number of rotatable bonds is 5. The Hall–Kier alpha value is -1.10. The molecule has 5 nitrogen and oxygen atoms in total. The van der Waals surface area contributed by atoms with Crippen molar-refractivity contribution in [1.29, 1.82) is 0 Å². The normalized spacial score (nSPS) is 28.7. The number of carbonyl (C=O) groups excluding carboxylic acids is 2. The molecule has 0 saturated heterocycles. The van der Waals surface area contributed by atoms with Gasteiger partial charge in [0.1, 0.15) is 0 Å². The summed E-state index contributed by atoms with van der Waals surface area (Å²) in [5.74, 6) is 0.0215. The number of nitrogens with two attached hydrogens (primary N) is 2. The second-order valence-electron chi connectivity index (χ2n) is 4.95. The van der Waals surface area contributed by atoms with Crippen LogP contribution < -0.4 is 16.8 Å². The third-order valence-corrected chi connectivity index (χ3v) is 3.53. The van der Waals surface area contributed by atoms with Gasteiger partial charge in [-0.15, -0.1) is 0 Å². The molecule has 5 N–H and O–H groups in total. The molecule has 0 bridgehead atoms. The van der Waals surface area contributed by atoms with Gasteiger partial charge in [0.05, 0.1) is 5.92 Å². The summed E-state index contributed by atoms with van der Waals surface area (Å²) >= 11 is 0. The Bertz CT molecular complexity index is 281. The van der Waals surface area contributed by atoms with Crippen LogP contribution in [-0.2, 0) is 9.59 Å². The maximum Gasteiger partial charge on any atom is 0.224 e. The molecular formula is C12H23N3O2. The minimum absolute atomic E-state index is 0.0218. The molecule has 3 atom stereocenters. The zero-order valence-corrected chi connectivity index (χ0v) is 10.4. The number of nitrogens with one attached hydrogen (secondary N) is 1. The third kappa shape index (κ3) is 4.34. The van der Waals surface area contributed by atoms with E-state index in [-0.39, 0.29) is 23.8 Å². The van der Waals surface area contributed by atoms with Crippen LogP contribution in [0.15, 0.2) is 0 Å². The van der Waals surface area contributed by atoms with Crippen molar-refractivity contribution in [1.82, 2.24) is 5.32 Å². The Morgan fingerprint density at radius 1 is 1.35 bits per heavy atom. The summed E-state index contributed by atoms with van der Waals surface area (Å²) in [6.07, 6.45) is 3.94. The van der Waals surface area contributed by atoms with Gasteiger partial charge in [0.15, 0.2) is 0 Å². The van der Waals surface area contributed by atoms with Gasteiger partial charge in [0, 0.05) is 19.0 Å². The number of hydrogen-bond donors (Lipinski definition) is 3. The Kier molecular flexibility index (Phi) is 5.41. The van der Waals surface area contributed by atoms with Gasteiger partial charge in [0.25, 0.3) is 0 Å². The lowest BCUT2D eigenvalue weighted by atomic mass is 9.78. The van der Waals surface area contributed by atoms with Crippen molar-refractivity contribution in [3.05, 3.63) is 0 Å². The Morgan fingerprint density at radius 2 is 2.06 bits per heavy atom. The maximum atomic E-state index is 11.9. The number of primary amides is 1. The topological polar surface area (TPSA) is 98.2 Å². The average Bonchev–Trinajstić information content (AvgIpc) is 2.27. The van der Waals surface area contributed by atoms with Gasteiger partial charge in [-0.1, -0.05) is 13.3 Å². The van der Waals surface area contributed by atoms with Crippen molar-refractivity contribution in [3.63, 3.8) is 0 Å². The molecule has 0 radical (unpaired) electrons. The lowest BCUT2D eigenvalue weighted by molar-refractivity contribution is -0.127. The Labute approximate surface area is 102 Å². The zero-order valence-electron chi connectivity index (χ0n) is 10.4. The first kappa shape index (κ1) is 14.0. The summed E-state index contributed by atoms with van der Waals surface area (Å²) in [6, 6.07) is -0.0418. The third-order valence-electron chi connectivity index (χ3n) is 3.53. The van der Waals surface area contributed by atoms with Gasteiger partial charge >= 0.3 is 0 Å². The van der Waals surface area contributed by atoms with Gasteiger partial charge in [-0.05, 0) is 25.2 Å². The molecule has 1 rings (SSSR count). The van der Waals surface area contributed by atoms with E-state index in [1.165, 1.54) is 0 Å². The summed E-state index contributed by atoms with van der Waals surface area (Å²) < 4.78 is 0. The molecule has 0 aromatic rings. The van der Waals surface area contributed by atoms with Crippen LogP contribution in [-0.4, -0.2) is 24.4 Å². The highest BCUT2D eigenvalue weighted by Crippen LogP contribution is 2.27. The van der Waals surface area contributed by atoms with E-state index in [4.69, 9.17) is 11.5 Å². The smallest absolute Gasteiger partial charge is 0.224 e. The lowest BCUT2D eigenvalue weighted by Crippen LogP contribution is -2.47. The van der Waals surface area contributed by atoms with Gasteiger partial charge in [0.2, 0.25) is 11.8 Å². The van der Waals surface area contributed by atoms with E-state index in [1.807, 2.05) is 0 Å². The summed E-state index contributed by atoms with van der Waals surface area (Å²) in [7, 11) is 0. The second-order valence-corrected chi connectivity index (χ2v) is 4.95. The predicted molar refractivity (Wildman–Crippen MR) is 65.9 cm³/mol. The molecule has 0 aliphatic heterocycles. The van der Waals surface area contributed by atoms with Crippen molar-refractivity contribution in [3.8, 4) is 0 Å². The van der Waals surface area contributed by atoms with Crippen LogP contribution in [0.4, 0.5) is 0 Å². The zero-order chi connectivity index (χ0) is 12.8. The largest absolute Gasteiger partial charge is 0.370 e. The van der Waals surface area contributed by atoms with E-state index in [0.717, 1.165) is 19.3 Å². The second kappa shape index (κ2) is 6.59. The minimum Gasteiger partial charge on any atom is -0.370 e. The average molecular weight is 241 g/mol. The number of hydrogen-bond acceptors (Lipinski definition) is 3. The van der Waals surface area contributed by atoms with E-state index in [2.05, 4.69) is 12.2 Å². The molecule has 1 saturated carbocycles. The highest BCUT2D eigenvalue weighted by atomic mass is 16.2. The Morgan fingerprint density at radius 3 is 2.71 bits per heavy atom. The van der Waals surface area contributed by atoms with E-state index in [0.29, 0.717) is 25.3 Å². The highest BCUT2D eigenvalue weighted by molar-refractivity contribution is 5.79. The molecule has 3 unspecified atom stereocenters. The molecule has 0 aromatic heterocycles. The van der Waals surface area contributed by atoms with Crippen LogP contribution in [0.3, 0.4) is 0 Å². The van der Waals surface area contributed by atoms with Crippen LogP contribution in [0.2, 0.25) is 0 Å². The minimum atomic E-state index is -0.331. The predicted octanol–water partition coefficient (Wildman–Crippen LogP) is 0.132. The summed E-state index contributed by atoms with van der Waals surface area (Å²) in [6.45, 7) is 2.59. The van der Waals surface area contributed by atoms with Crippen molar-refractivity contribution in [2.45, 2.75) is 45.1 Å². The Balaban J connectivity index is 2.29. The molecule has 0 spiro atoms. The molecule has 0 heterocycles. The van der Waals surface area contributed by atoms with Crippen molar-refractivity contribution < 1.29 is 9.59 Å². The molecule has 0 aromatic carbocycles. The monoisotopic (exact) mass is 241 g/mol. The summed E-state index contributed by atoms with van der Waals surface area (Å²) in [5, 5.41) is 2.83. The standard InChI is InChI=1S/C12H23N3O2/c1-8-4-2-5-9(11(8)14)12(17)15-7-3-6-10(13)16/h8-9,11H,2-7,14H2,1H3,(H2,13,16)(H,15,17). The van der Waals surface area contributed by atoms with Crippen molar-refractivity contribution >= 4 is 11.8 Å². The molecule has 98 valence electrons. The van der Waals surface area contributed by atoms with Crippen LogP contribution in [0.5, 0.6) is 0 Å². The summed E-state index contributed by atoms with van der Waals surface area (Å²) in [4.78, 5) is 22.4. The van der Waals surface area contributed by atoms with Crippen LogP contribution >= 0.6 is 0 Å². The molecule has 1 aliphatic rings. The molecule has 5 heteroatoms. The summed E-state index contributed by atoms with van der Waals surface area (Å²) in [5.41, 5.74) is 11.1. The molecule has 1 aliphatic carbocycles. The van der Waals surface area contributed by atoms with Gasteiger partial charge in [-0.2, -0.15) is 0 Å². The SMILES string of the molecule is CC1CCCC(C(=O)NCCCC(N)=O)C1N. The quantitative estimate of drug-likeness (QED) is 0.597.